The van der Waals surface area contributed by atoms with Crippen LogP contribution in [0.15, 0.2) is 18.2 Å². The van der Waals surface area contributed by atoms with Crippen molar-refractivity contribution in [3.63, 3.8) is 0 Å². The van der Waals surface area contributed by atoms with E-state index < -0.39 is 6.09 Å². The predicted octanol–water partition coefficient (Wildman–Crippen LogP) is 2.59. The van der Waals surface area contributed by atoms with Gasteiger partial charge in [0.2, 0.25) is 5.91 Å². The molecule has 6 nitrogen and oxygen atoms in total. The molecule has 22 heavy (non-hydrogen) atoms. The van der Waals surface area contributed by atoms with E-state index in [0.717, 1.165) is 11.3 Å². The number of amides is 2. The first kappa shape index (κ1) is 16.1. The lowest BCUT2D eigenvalue weighted by atomic mass is 9.91. The highest BCUT2D eigenvalue weighted by atomic mass is 16.6. The number of hydrogen-bond donors (Lipinski definition) is 2. The third-order valence-electron chi connectivity index (χ3n) is 3.68. The van der Waals surface area contributed by atoms with E-state index in [4.69, 9.17) is 10.5 Å². The molecule has 0 aliphatic carbocycles. The zero-order valence-electron chi connectivity index (χ0n) is 13.4. The third-order valence-corrected chi connectivity index (χ3v) is 3.68. The molecule has 1 heterocycles. The molecule has 2 rings (SSSR count). The summed E-state index contributed by atoms with van der Waals surface area (Å²) >= 11 is 0. The molecule has 0 aromatic heterocycles. The number of nitrogens with zero attached hydrogens (tertiary/aromatic N) is 1. The van der Waals surface area contributed by atoms with Gasteiger partial charge in [0.25, 0.3) is 0 Å². The number of anilines is 2. The van der Waals surface area contributed by atoms with Crippen molar-refractivity contribution >= 4 is 23.4 Å². The maximum absolute atomic E-state index is 11.9. The predicted molar refractivity (Wildman–Crippen MR) is 85.6 cm³/mol. The fraction of sp³-hybridized carbons (Fsp3) is 0.500. The Bertz CT molecular complexity index is 586. The number of rotatable bonds is 2. The van der Waals surface area contributed by atoms with Crippen LogP contribution in [-0.4, -0.2) is 24.1 Å². The van der Waals surface area contributed by atoms with Crippen molar-refractivity contribution in [2.75, 3.05) is 10.6 Å². The second kappa shape index (κ2) is 6.25. The van der Waals surface area contributed by atoms with Crippen LogP contribution in [-0.2, 0) is 9.53 Å². The average molecular weight is 305 g/mol. The van der Waals surface area contributed by atoms with E-state index in [2.05, 4.69) is 5.32 Å². The Kier molecular flexibility index (Phi) is 4.59. The van der Waals surface area contributed by atoms with Crippen LogP contribution >= 0.6 is 0 Å². The molecule has 0 saturated heterocycles. The minimum Gasteiger partial charge on any atom is -0.447 e. The van der Waals surface area contributed by atoms with Crippen molar-refractivity contribution in [3.05, 3.63) is 23.8 Å². The molecule has 1 aromatic rings. The first-order valence-electron chi connectivity index (χ1n) is 7.46. The summed E-state index contributed by atoms with van der Waals surface area (Å²) < 4.78 is 5.15. The van der Waals surface area contributed by atoms with E-state index in [-0.39, 0.29) is 24.1 Å². The molecule has 0 saturated carbocycles. The van der Waals surface area contributed by atoms with Gasteiger partial charge in [0.1, 0.15) is 0 Å². The number of fused-ring (bicyclic) bond motifs is 1. The number of carbonyl (C=O) groups excluding carboxylic acids is 2. The minimum absolute atomic E-state index is 0.0158. The first-order chi connectivity index (χ1) is 10.3. The number of nitrogens with one attached hydrogen (secondary N) is 1. The van der Waals surface area contributed by atoms with Gasteiger partial charge >= 0.3 is 6.09 Å². The topological polar surface area (TPSA) is 84.7 Å². The number of ether oxygens (including phenoxy) is 1. The average Bonchev–Trinajstić information content (AvgIpc) is 2.37. The summed E-state index contributed by atoms with van der Waals surface area (Å²) in [5.74, 6) is -0.0262. The van der Waals surface area contributed by atoms with Crippen molar-refractivity contribution in [2.24, 2.45) is 0 Å². The van der Waals surface area contributed by atoms with Gasteiger partial charge in [0.15, 0.2) is 0 Å². The molecule has 0 unspecified atom stereocenters. The van der Waals surface area contributed by atoms with Crippen LogP contribution in [0.25, 0.3) is 0 Å². The van der Waals surface area contributed by atoms with Crippen LogP contribution in [0.5, 0.6) is 0 Å². The van der Waals surface area contributed by atoms with Crippen LogP contribution in [0.4, 0.5) is 16.2 Å². The van der Waals surface area contributed by atoms with Crippen LogP contribution in [0.2, 0.25) is 0 Å². The monoisotopic (exact) mass is 305 g/mol. The molecule has 2 amide bonds. The highest BCUT2D eigenvalue weighted by Crippen LogP contribution is 2.38. The highest BCUT2D eigenvalue weighted by Gasteiger charge is 2.33. The Labute approximate surface area is 130 Å². The van der Waals surface area contributed by atoms with E-state index >= 15 is 0 Å². The summed E-state index contributed by atoms with van der Waals surface area (Å²) in [6.45, 7) is 7.10. The number of alkyl carbamates (subject to hydrolysis) is 1. The summed E-state index contributed by atoms with van der Waals surface area (Å²) in [7, 11) is 0. The zero-order chi connectivity index (χ0) is 16.4. The standard InChI is InChI=1S/C16H23N3O3/c1-9(2)22-16(21)18-14-7-10(3)19(11(4)20)15-6-5-12(17)8-13(14)15/h5-6,8-10,14H,7,17H2,1-4H3,(H,18,21)/t10-,14+/m0/s1. The lowest BCUT2D eigenvalue weighted by Gasteiger charge is -2.39. The zero-order valence-corrected chi connectivity index (χ0v) is 13.4. The van der Waals surface area contributed by atoms with E-state index in [9.17, 15) is 9.59 Å². The van der Waals surface area contributed by atoms with Gasteiger partial charge in [0, 0.05) is 29.9 Å². The number of carbonyl (C=O) groups is 2. The molecule has 120 valence electrons. The van der Waals surface area contributed by atoms with Gasteiger partial charge < -0.3 is 20.7 Å². The lowest BCUT2D eigenvalue weighted by Crippen LogP contribution is -2.45. The van der Waals surface area contributed by atoms with Crippen LogP contribution in [0, 0.1) is 0 Å². The Morgan fingerprint density at radius 3 is 2.68 bits per heavy atom. The van der Waals surface area contributed by atoms with Crippen molar-refractivity contribution in [1.82, 2.24) is 5.32 Å². The molecule has 0 fully saturated rings. The van der Waals surface area contributed by atoms with E-state index in [1.807, 2.05) is 13.0 Å². The minimum atomic E-state index is -0.461. The van der Waals surface area contributed by atoms with Crippen molar-refractivity contribution in [3.8, 4) is 0 Å². The van der Waals surface area contributed by atoms with E-state index in [0.29, 0.717) is 12.1 Å². The largest absolute Gasteiger partial charge is 0.447 e. The Morgan fingerprint density at radius 2 is 2.09 bits per heavy atom. The molecule has 1 aliphatic heterocycles. The Hall–Kier alpha value is -2.24. The molecule has 1 aromatic carbocycles. The van der Waals surface area contributed by atoms with Gasteiger partial charge in [0.05, 0.1) is 12.1 Å². The highest BCUT2D eigenvalue weighted by molar-refractivity contribution is 5.94. The maximum Gasteiger partial charge on any atom is 0.407 e. The second-order valence-electron chi connectivity index (χ2n) is 5.94. The lowest BCUT2D eigenvalue weighted by molar-refractivity contribution is -0.117. The van der Waals surface area contributed by atoms with Crippen LogP contribution < -0.4 is 16.0 Å². The summed E-state index contributed by atoms with van der Waals surface area (Å²) in [6.07, 6.45) is -0.0321. The number of nitrogen functional groups attached to an aromatic ring is 1. The quantitative estimate of drug-likeness (QED) is 0.822. The van der Waals surface area contributed by atoms with Gasteiger partial charge in [-0.2, -0.15) is 0 Å². The molecule has 3 N–H and O–H groups in total. The normalized spacial score (nSPS) is 20.5. The number of hydrogen-bond acceptors (Lipinski definition) is 4. The van der Waals surface area contributed by atoms with Gasteiger partial charge in [-0.05, 0) is 45.4 Å². The SMILES string of the molecule is CC(=O)N1c2ccc(N)cc2[C@H](NC(=O)OC(C)C)C[C@@H]1C. The van der Waals surface area contributed by atoms with E-state index in [1.54, 1.807) is 30.9 Å². The maximum atomic E-state index is 11.9. The van der Waals surface area contributed by atoms with Gasteiger partial charge in [-0.3, -0.25) is 4.79 Å². The smallest absolute Gasteiger partial charge is 0.407 e. The molecular formula is C16H23N3O3. The first-order valence-corrected chi connectivity index (χ1v) is 7.46. The van der Waals surface area contributed by atoms with Crippen molar-refractivity contribution < 1.29 is 14.3 Å². The molecule has 0 spiro atoms. The Morgan fingerprint density at radius 1 is 1.41 bits per heavy atom. The molecule has 6 heteroatoms. The van der Waals surface area contributed by atoms with E-state index in [1.165, 1.54) is 6.92 Å². The molecule has 0 radical (unpaired) electrons. The molecule has 1 aliphatic rings. The Balaban J connectivity index is 2.33. The van der Waals surface area contributed by atoms with Gasteiger partial charge in [-0.15, -0.1) is 0 Å². The molecular weight excluding hydrogens is 282 g/mol. The fourth-order valence-electron chi connectivity index (χ4n) is 2.89. The summed E-state index contributed by atoms with van der Waals surface area (Å²) in [6, 6.07) is 5.14. The van der Waals surface area contributed by atoms with Gasteiger partial charge in [-0.25, -0.2) is 4.79 Å². The molecule has 2 atom stereocenters. The molecule has 0 bridgehead atoms. The number of benzene rings is 1. The van der Waals surface area contributed by atoms with Crippen molar-refractivity contribution in [1.29, 1.82) is 0 Å². The third kappa shape index (κ3) is 3.32. The fourth-order valence-corrected chi connectivity index (χ4v) is 2.89. The summed E-state index contributed by atoms with van der Waals surface area (Å²) in [4.78, 5) is 25.5. The number of nitrogens with two attached hydrogens (primary N) is 1. The van der Waals surface area contributed by atoms with Crippen LogP contribution in [0.1, 0.15) is 45.7 Å². The van der Waals surface area contributed by atoms with Gasteiger partial charge in [-0.1, -0.05) is 0 Å². The summed E-state index contributed by atoms with van der Waals surface area (Å²) in [5.41, 5.74) is 8.09. The summed E-state index contributed by atoms with van der Waals surface area (Å²) in [5, 5.41) is 2.87. The van der Waals surface area contributed by atoms with Crippen molar-refractivity contribution in [2.45, 2.75) is 52.3 Å². The second-order valence-corrected chi connectivity index (χ2v) is 5.94. The van der Waals surface area contributed by atoms with Crippen LogP contribution in [0.3, 0.4) is 0 Å².